The fourth-order valence-corrected chi connectivity index (χ4v) is 2.46. The van der Waals surface area contributed by atoms with Crippen LogP contribution >= 0.6 is 0 Å². The van der Waals surface area contributed by atoms with E-state index in [1.54, 1.807) is 0 Å². The second-order valence-electron chi connectivity index (χ2n) is 5.25. The van der Waals surface area contributed by atoms with Gasteiger partial charge in [0.25, 0.3) is 0 Å². The Kier molecular flexibility index (Phi) is 3.35. The molecule has 104 valence electrons. The summed E-state index contributed by atoms with van der Waals surface area (Å²) >= 11 is 0. The van der Waals surface area contributed by atoms with Crippen molar-refractivity contribution in [2.45, 2.75) is 12.5 Å². The van der Waals surface area contributed by atoms with Gasteiger partial charge in [-0.3, -0.25) is 0 Å². The Morgan fingerprint density at radius 3 is 2.58 bits per heavy atom. The van der Waals surface area contributed by atoms with E-state index in [9.17, 15) is 5.11 Å². The van der Waals surface area contributed by atoms with Gasteiger partial charge in [0.05, 0.1) is 38.4 Å². The van der Waals surface area contributed by atoms with Crippen LogP contribution in [0, 0.1) is 5.41 Å². The van der Waals surface area contributed by atoms with E-state index < -0.39 is 0 Å². The van der Waals surface area contributed by atoms with Crippen LogP contribution in [0.15, 0.2) is 18.2 Å². The molecule has 3 N–H and O–H groups in total. The molecule has 0 amide bonds. The van der Waals surface area contributed by atoms with Crippen molar-refractivity contribution in [3.05, 3.63) is 23.8 Å². The number of benzene rings is 1. The highest BCUT2D eigenvalue weighted by atomic mass is 16.5. The van der Waals surface area contributed by atoms with E-state index in [0.717, 1.165) is 23.5 Å². The summed E-state index contributed by atoms with van der Waals surface area (Å²) in [5.74, 6) is 1.50. The Labute approximate surface area is 112 Å². The maximum absolute atomic E-state index is 9.54. The van der Waals surface area contributed by atoms with E-state index in [4.69, 9.17) is 19.9 Å². The average molecular weight is 265 g/mol. The number of aliphatic hydroxyl groups is 1. The van der Waals surface area contributed by atoms with Gasteiger partial charge in [0.2, 0.25) is 0 Å². The molecule has 3 rings (SSSR count). The largest absolute Gasteiger partial charge is 0.490 e. The Morgan fingerprint density at radius 1 is 1.21 bits per heavy atom. The van der Waals surface area contributed by atoms with Crippen molar-refractivity contribution in [1.29, 1.82) is 0 Å². The fourth-order valence-electron chi connectivity index (χ4n) is 2.46. The lowest BCUT2D eigenvalue weighted by atomic mass is 9.76. The number of rotatable bonds is 3. The minimum atomic E-state index is -0.361. The normalized spacial score (nSPS) is 22.2. The molecule has 5 nitrogen and oxygen atoms in total. The summed E-state index contributed by atoms with van der Waals surface area (Å²) in [5.41, 5.74) is 6.87. The van der Waals surface area contributed by atoms with E-state index in [1.807, 2.05) is 18.2 Å². The zero-order valence-electron chi connectivity index (χ0n) is 10.8. The molecule has 1 aromatic carbocycles. The van der Waals surface area contributed by atoms with E-state index in [1.165, 1.54) is 0 Å². The minimum absolute atomic E-state index is 0.0304. The molecular formula is C14H19NO4. The van der Waals surface area contributed by atoms with Crippen LogP contribution in [-0.4, -0.2) is 38.1 Å². The first-order valence-corrected chi connectivity index (χ1v) is 6.59. The predicted octanol–water partition coefficient (Wildman–Crippen LogP) is 0.857. The smallest absolute Gasteiger partial charge is 0.161 e. The summed E-state index contributed by atoms with van der Waals surface area (Å²) in [6.45, 7) is 2.35. The SMILES string of the molecule is NC(c1ccc2c(c1)OCCCO2)C1(CO)COC1. The Morgan fingerprint density at radius 2 is 1.95 bits per heavy atom. The summed E-state index contributed by atoms with van der Waals surface area (Å²) in [6, 6.07) is 5.48. The van der Waals surface area contributed by atoms with E-state index in [0.29, 0.717) is 26.4 Å². The zero-order chi connectivity index (χ0) is 13.3. The third-order valence-corrected chi connectivity index (χ3v) is 3.88. The van der Waals surface area contributed by atoms with Gasteiger partial charge >= 0.3 is 0 Å². The first-order valence-electron chi connectivity index (χ1n) is 6.59. The predicted molar refractivity (Wildman–Crippen MR) is 69.3 cm³/mol. The van der Waals surface area contributed by atoms with Gasteiger partial charge < -0.3 is 25.1 Å². The van der Waals surface area contributed by atoms with Gasteiger partial charge in [-0.15, -0.1) is 0 Å². The standard InChI is InChI=1S/C14H19NO4/c15-13(14(7-16)8-17-9-14)10-2-3-11-12(6-10)19-5-1-4-18-11/h2-3,6,13,16H,1,4-5,7-9,15H2. The molecular weight excluding hydrogens is 246 g/mol. The summed E-state index contributed by atoms with van der Waals surface area (Å²) < 4.78 is 16.5. The molecule has 5 heteroatoms. The lowest BCUT2D eigenvalue weighted by Gasteiger charge is -2.44. The number of fused-ring (bicyclic) bond motifs is 1. The second kappa shape index (κ2) is 5.00. The van der Waals surface area contributed by atoms with Gasteiger partial charge in [-0.05, 0) is 17.7 Å². The highest BCUT2D eigenvalue weighted by Crippen LogP contribution is 2.41. The lowest BCUT2D eigenvalue weighted by Crippen LogP contribution is -2.52. The van der Waals surface area contributed by atoms with Gasteiger partial charge in [-0.2, -0.15) is 0 Å². The van der Waals surface area contributed by atoms with Crippen molar-refractivity contribution in [1.82, 2.24) is 0 Å². The molecule has 0 aliphatic carbocycles. The Balaban J connectivity index is 1.87. The minimum Gasteiger partial charge on any atom is -0.490 e. The van der Waals surface area contributed by atoms with Crippen LogP contribution in [0.3, 0.4) is 0 Å². The maximum atomic E-state index is 9.54. The van der Waals surface area contributed by atoms with Crippen molar-refractivity contribution < 1.29 is 19.3 Å². The topological polar surface area (TPSA) is 73.9 Å². The molecule has 0 saturated carbocycles. The van der Waals surface area contributed by atoms with Crippen LogP contribution in [0.25, 0.3) is 0 Å². The monoisotopic (exact) mass is 265 g/mol. The molecule has 2 aliphatic rings. The first-order chi connectivity index (χ1) is 9.25. The average Bonchev–Trinajstić information content (AvgIpc) is 2.62. The third kappa shape index (κ3) is 2.18. The summed E-state index contributed by atoms with van der Waals surface area (Å²) in [7, 11) is 0. The van der Waals surface area contributed by atoms with Crippen LogP contribution in [0.5, 0.6) is 11.5 Å². The molecule has 19 heavy (non-hydrogen) atoms. The summed E-state index contributed by atoms with van der Waals surface area (Å²) in [6.07, 6.45) is 0.879. The molecule has 0 radical (unpaired) electrons. The first kappa shape index (κ1) is 12.7. The number of nitrogens with two attached hydrogens (primary N) is 1. The van der Waals surface area contributed by atoms with Crippen molar-refractivity contribution in [3.8, 4) is 11.5 Å². The molecule has 0 bridgehead atoms. The van der Waals surface area contributed by atoms with Crippen molar-refractivity contribution in [2.75, 3.05) is 33.0 Å². The van der Waals surface area contributed by atoms with Gasteiger partial charge in [-0.1, -0.05) is 6.07 Å². The van der Waals surface area contributed by atoms with E-state index in [-0.39, 0.29) is 18.1 Å². The molecule has 2 heterocycles. The third-order valence-electron chi connectivity index (χ3n) is 3.88. The van der Waals surface area contributed by atoms with E-state index in [2.05, 4.69) is 0 Å². The zero-order valence-corrected chi connectivity index (χ0v) is 10.8. The highest BCUT2D eigenvalue weighted by molar-refractivity contribution is 5.44. The van der Waals surface area contributed by atoms with Crippen molar-refractivity contribution in [2.24, 2.45) is 11.1 Å². The Bertz CT molecular complexity index is 453. The molecule has 1 saturated heterocycles. The number of aliphatic hydroxyl groups excluding tert-OH is 1. The van der Waals surface area contributed by atoms with Gasteiger partial charge in [0.15, 0.2) is 11.5 Å². The number of hydrogen-bond donors (Lipinski definition) is 2. The Hall–Kier alpha value is -1.30. The summed E-state index contributed by atoms with van der Waals surface area (Å²) in [4.78, 5) is 0. The number of ether oxygens (including phenoxy) is 3. The quantitative estimate of drug-likeness (QED) is 0.848. The highest BCUT2D eigenvalue weighted by Gasteiger charge is 2.44. The fraction of sp³-hybridized carbons (Fsp3) is 0.571. The van der Waals surface area contributed by atoms with E-state index >= 15 is 0 Å². The summed E-state index contributed by atoms with van der Waals surface area (Å²) in [5, 5.41) is 9.54. The van der Waals surface area contributed by atoms with Crippen LogP contribution in [-0.2, 0) is 4.74 Å². The lowest BCUT2D eigenvalue weighted by molar-refractivity contribution is -0.150. The molecule has 0 spiro atoms. The van der Waals surface area contributed by atoms with Crippen LogP contribution in [0.1, 0.15) is 18.0 Å². The molecule has 2 aliphatic heterocycles. The van der Waals surface area contributed by atoms with Crippen LogP contribution < -0.4 is 15.2 Å². The molecule has 0 aromatic heterocycles. The second-order valence-corrected chi connectivity index (χ2v) is 5.25. The number of hydrogen-bond acceptors (Lipinski definition) is 5. The molecule has 1 atom stereocenters. The van der Waals surface area contributed by atoms with Crippen LogP contribution in [0.4, 0.5) is 0 Å². The molecule has 1 fully saturated rings. The van der Waals surface area contributed by atoms with Crippen molar-refractivity contribution in [3.63, 3.8) is 0 Å². The van der Waals surface area contributed by atoms with Crippen molar-refractivity contribution >= 4 is 0 Å². The van der Waals surface area contributed by atoms with Gasteiger partial charge in [-0.25, -0.2) is 0 Å². The maximum Gasteiger partial charge on any atom is 0.161 e. The molecule has 1 aromatic rings. The van der Waals surface area contributed by atoms with Gasteiger partial charge in [0, 0.05) is 12.5 Å². The molecule has 1 unspecified atom stereocenters. The van der Waals surface area contributed by atoms with Gasteiger partial charge in [0.1, 0.15) is 0 Å². The van der Waals surface area contributed by atoms with Crippen LogP contribution in [0.2, 0.25) is 0 Å².